The molecule has 1 saturated heterocycles. The molecule has 0 N–H and O–H groups in total. The van der Waals surface area contributed by atoms with E-state index in [-0.39, 0.29) is 23.4 Å². The normalized spacial score (nSPS) is 33.8. The summed E-state index contributed by atoms with van der Waals surface area (Å²) in [6.07, 6.45) is 4.78. The van der Waals surface area contributed by atoms with Crippen molar-refractivity contribution in [3.8, 4) is 17.2 Å². The maximum atomic E-state index is 13.9. The number of methoxy groups -OCH3 is 2. The van der Waals surface area contributed by atoms with Gasteiger partial charge in [0, 0.05) is 23.8 Å². The van der Waals surface area contributed by atoms with Gasteiger partial charge in [0.05, 0.1) is 19.8 Å². The lowest BCUT2D eigenvalue weighted by atomic mass is 9.51. The van der Waals surface area contributed by atoms with E-state index in [1.165, 1.54) is 14.2 Å². The van der Waals surface area contributed by atoms with Crippen LogP contribution in [0.2, 0.25) is 0 Å². The molecular weight excluding hydrogens is 396 g/mol. The Morgan fingerprint density at radius 1 is 1.16 bits per heavy atom. The van der Waals surface area contributed by atoms with E-state index in [9.17, 15) is 9.59 Å². The van der Waals surface area contributed by atoms with Crippen molar-refractivity contribution >= 4 is 11.6 Å². The molecule has 4 atom stereocenters. The summed E-state index contributed by atoms with van der Waals surface area (Å²) >= 11 is 0. The maximum absolute atomic E-state index is 13.9. The van der Waals surface area contributed by atoms with Crippen LogP contribution in [0.15, 0.2) is 35.4 Å². The van der Waals surface area contributed by atoms with Gasteiger partial charge in [-0.15, -0.1) is 0 Å². The molecule has 2 heterocycles. The van der Waals surface area contributed by atoms with Crippen molar-refractivity contribution in [1.29, 1.82) is 0 Å². The van der Waals surface area contributed by atoms with E-state index in [1.807, 2.05) is 39.8 Å². The molecule has 1 aromatic rings. The number of Topliss-reactive ketones (excluding diaryl/α,β-unsaturated/α-hetero) is 2. The van der Waals surface area contributed by atoms with E-state index in [0.717, 1.165) is 5.57 Å². The second-order valence-electron chi connectivity index (χ2n) is 9.70. The molecule has 0 amide bonds. The predicted molar refractivity (Wildman–Crippen MR) is 114 cm³/mol. The largest absolute Gasteiger partial charge is 0.496 e. The van der Waals surface area contributed by atoms with Crippen molar-refractivity contribution in [3.63, 3.8) is 0 Å². The summed E-state index contributed by atoms with van der Waals surface area (Å²) in [5.41, 5.74) is -1.15. The number of fused-ring (bicyclic) bond motifs is 1. The van der Waals surface area contributed by atoms with Gasteiger partial charge < -0.3 is 18.9 Å². The van der Waals surface area contributed by atoms with E-state index in [4.69, 9.17) is 18.9 Å². The van der Waals surface area contributed by atoms with Crippen molar-refractivity contribution in [2.24, 2.45) is 11.8 Å². The molecule has 0 aromatic heterocycles. The fourth-order valence-electron chi connectivity index (χ4n) is 6.17. The fraction of sp³-hybridized carbons (Fsp3) is 0.520. The highest BCUT2D eigenvalue weighted by Gasteiger charge is 2.81. The van der Waals surface area contributed by atoms with Gasteiger partial charge in [0.15, 0.2) is 28.5 Å². The number of benzene rings is 1. The third-order valence-electron chi connectivity index (χ3n) is 7.42. The third kappa shape index (κ3) is 2.26. The highest BCUT2D eigenvalue weighted by molar-refractivity contribution is 6.18. The van der Waals surface area contributed by atoms with Crippen LogP contribution in [-0.2, 0) is 9.53 Å². The topological polar surface area (TPSA) is 71.1 Å². The first-order valence-electron chi connectivity index (χ1n) is 10.7. The molecule has 31 heavy (non-hydrogen) atoms. The van der Waals surface area contributed by atoms with Crippen molar-refractivity contribution < 1.29 is 28.5 Å². The Morgan fingerprint density at radius 2 is 1.84 bits per heavy atom. The summed E-state index contributed by atoms with van der Waals surface area (Å²) in [6.45, 7) is 7.97. The number of carbonyl (C=O) groups is 2. The summed E-state index contributed by atoms with van der Waals surface area (Å²) in [5.74, 6) is 0.490. The molecule has 3 aliphatic carbocycles. The van der Waals surface area contributed by atoms with Crippen LogP contribution in [0, 0.1) is 11.8 Å². The Kier molecular flexibility index (Phi) is 4.08. The highest BCUT2D eigenvalue weighted by Crippen LogP contribution is 2.68. The molecule has 5 aliphatic rings. The summed E-state index contributed by atoms with van der Waals surface area (Å²) in [6, 6.07) is 3.43. The minimum atomic E-state index is -1.26. The van der Waals surface area contributed by atoms with Gasteiger partial charge in [-0.25, -0.2) is 0 Å². The van der Waals surface area contributed by atoms with Crippen LogP contribution < -0.4 is 14.2 Å². The summed E-state index contributed by atoms with van der Waals surface area (Å²) in [4.78, 5) is 27.7. The molecule has 6 nitrogen and oxygen atoms in total. The van der Waals surface area contributed by atoms with E-state index in [1.54, 1.807) is 12.1 Å². The van der Waals surface area contributed by atoms with Crippen molar-refractivity contribution in [1.82, 2.24) is 0 Å². The summed E-state index contributed by atoms with van der Waals surface area (Å²) < 4.78 is 24.5. The molecule has 1 aromatic carbocycles. The predicted octanol–water partition coefficient (Wildman–Crippen LogP) is 4.07. The minimum Gasteiger partial charge on any atom is -0.496 e. The van der Waals surface area contributed by atoms with Gasteiger partial charge in [-0.2, -0.15) is 0 Å². The van der Waals surface area contributed by atoms with Gasteiger partial charge in [0.2, 0.25) is 5.78 Å². The van der Waals surface area contributed by atoms with Crippen LogP contribution in [0.1, 0.15) is 50.9 Å². The average molecular weight is 424 g/mol. The van der Waals surface area contributed by atoms with Crippen LogP contribution in [0.5, 0.6) is 17.2 Å². The molecule has 1 spiro atoms. The van der Waals surface area contributed by atoms with Gasteiger partial charge in [-0.05, 0) is 46.2 Å². The molecule has 1 saturated carbocycles. The van der Waals surface area contributed by atoms with Gasteiger partial charge in [-0.3, -0.25) is 9.59 Å². The lowest BCUT2D eigenvalue weighted by molar-refractivity contribution is -0.171. The van der Waals surface area contributed by atoms with Crippen LogP contribution in [0.3, 0.4) is 0 Å². The quantitative estimate of drug-likeness (QED) is 0.679. The SMILES string of the molecule is COc1ccc(OC)c2c1OC13C(=CC4CC1C(C)(C)OC3(CC=C(C)C)C4=O)C2=O. The van der Waals surface area contributed by atoms with Crippen LogP contribution in [0.25, 0.3) is 0 Å². The molecule has 4 unspecified atom stereocenters. The Morgan fingerprint density at radius 3 is 2.48 bits per heavy atom. The van der Waals surface area contributed by atoms with E-state index >= 15 is 0 Å². The van der Waals surface area contributed by atoms with E-state index in [0.29, 0.717) is 41.2 Å². The second kappa shape index (κ2) is 6.22. The van der Waals surface area contributed by atoms with Crippen molar-refractivity contribution in [3.05, 3.63) is 41.0 Å². The molecule has 6 rings (SSSR count). The molecular formula is C25H28O6. The zero-order valence-corrected chi connectivity index (χ0v) is 18.8. The van der Waals surface area contributed by atoms with E-state index in [2.05, 4.69) is 0 Å². The Hall–Kier alpha value is -2.60. The molecule has 0 radical (unpaired) electrons. The first kappa shape index (κ1) is 20.3. The molecule has 6 heteroatoms. The Bertz CT molecular complexity index is 1080. The number of hydrogen-bond acceptors (Lipinski definition) is 6. The van der Waals surface area contributed by atoms with E-state index < -0.39 is 16.8 Å². The molecule has 4 bridgehead atoms. The molecule has 2 fully saturated rings. The number of carbonyl (C=O) groups excluding carboxylic acids is 2. The monoisotopic (exact) mass is 424 g/mol. The average Bonchev–Trinajstić information content (AvgIpc) is 2.89. The lowest BCUT2D eigenvalue weighted by Crippen LogP contribution is -2.72. The van der Waals surface area contributed by atoms with Crippen LogP contribution in [-0.4, -0.2) is 42.6 Å². The number of allylic oxidation sites excluding steroid dienone is 2. The van der Waals surface area contributed by atoms with Crippen molar-refractivity contribution in [2.75, 3.05) is 14.2 Å². The van der Waals surface area contributed by atoms with Crippen LogP contribution in [0.4, 0.5) is 0 Å². The highest BCUT2D eigenvalue weighted by atomic mass is 16.6. The van der Waals surface area contributed by atoms with Gasteiger partial charge in [-0.1, -0.05) is 17.7 Å². The fourth-order valence-corrected chi connectivity index (χ4v) is 6.17. The van der Waals surface area contributed by atoms with Crippen molar-refractivity contribution in [2.45, 2.75) is 57.3 Å². The number of hydrogen-bond donors (Lipinski definition) is 0. The lowest BCUT2D eigenvalue weighted by Gasteiger charge is -2.56. The third-order valence-corrected chi connectivity index (χ3v) is 7.42. The van der Waals surface area contributed by atoms with Gasteiger partial charge >= 0.3 is 0 Å². The number of ether oxygens (including phenoxy) is 4. The van der Waals surface area contributed by atoms with Crippen LogP contribution >= 0.6 is 0 Å². The van der Waals surface area contributed by atoms with Gasteiger partial charge in [0.1, 0.15) is 11.3 Å². The zero-order chi connectivity index (χ0) is 22.3. The first-order valence-corrected chi connectivity index (χ1v) is 10.7. The standard InChI is InChI=1S/C25H28O6/c1-13(2)9-10-24-22(27)14-11-15-20(26)19-16(28-5)7-8-17(29-6)21(19)30-25(15,24)18(12-14)23(3,4)31-24/h7-9,11,14,18H,10,12H2,1-6H3. The second-order valence-corrected chi connectivity index (χ2v) is 9.70. The Labute approximate surface area is 182 Å². The maximum Gasteiger partial charge on any atom is 0.200 e. The molecule has 2 aliphatic heterocycles. The number of ketones is 2. The molecule has 164 valence electrons. The smallest absolute Gasteiger partial charge is 0.200 e. The first-order chi connectivity index (χ1) is 14.6. The summed E-state index contributed by atoms with van der Waals surface area (Å²) in [5, 5.41) is 0. The minimum absolute atomic E-state index is 0.00584. The number of rotatable bonds is 4. The van der Waals surface area contributed by atoms with Gasteiger partial charge in [0.25, 0.3) is 0 Å². The zero-order valence-electron chi connectivity index (χ0n) is 18.8. The Balaban J connectivity index is 1.83. The summed E-state index contributed by atoms with van der Waals surface area (Å²) in [7, 11) is 3.06.